The predicted molar refractivity (Wildman–Crippen MR) is 128 cm³/mol. The van der Waals surface area contributed by atoms with Gasteiger partial charge in [-0.05, 0) is 43.7 Å². The average molecular weight is 460 g/mol. The van der Waals surface area contributed by atoms with Crippen molar-refractivity contribution in [1.29, 1.82) is 0 Å². The summed E-state index contributed by atoms with van der Waals surface area (Å²) in [6.07, 6.45) is 2.95. The zero-order valence-electron chi connectivity index (χ0n) is 18.9. The molecule has 0 aliphatic heterocycles. The molecule has 0 amide bonds. The van der Waals surface area contributed by atoms with E-state index in [1.807, 2.05) is 38.1 Å². The van der Waals surface area contributed by atoms with Crippen molar-refractivity contribution in [1.82, 2.24) is 9.97 Å². The third-order valence-electron chi connectivity index (χ3n) is 5.13. The third-order valence-corrected chi connectivity index (χ3v) is 5.13. The zero-order valence-corrected chi connectivity index (χ0v) is 18.9. The molecule has 0 unspecified atom stereocenters. The molecule has 4 rings (SSSR count). The number of amidine groups is 1. The van der Waals surface area contributed by atoms with Gasteiger partial charge in [0.05, 0.1) is 5.56 Å². The van der Waals surface area contributed by atoms with Crippen LogP contribution in [-0.2, 0) is 6.61 Å². The van der Waals surface area contributed by atoms with Crippen LogP contribution in [-0.4, -0.2) is 34.3 Å². The van der Waals surface area contributed by atoms with Gasteiger partial charge in [-0.15, -0.1) is 0 Å². The molecule has 2 heterocycles. The van der Waals surface area contributed by atoms with Gasteiger partial charge >= 0.3 is 0 Å². The number of benzene rings is 2. The number of ketones is 1. The number of hydrogen-bond donors (Lipinski definition) is 1. The highest BCUT2D eigenvalue weighted by molar-refractivity contribution is 6.16. The monoisotopic (exact) mass is 460 g/mol. The van der Waals surface area contributed by atoms with Crippen LogP contribution in [0.1, 0.15) is 40.9 Å². The first kappa shape index (κ1) is 23.0. The summed E-state index contributed by atoms with van der Waals surface area (Å²) >= 11 is 0. The number of aromatic nitrogens is 2. The van der Waals surface area contributed by atoms with Crippen molar-refractivity contribution in [2.75, 3.05) is 7.05 Å². The summed E-state index contributed by atoms with van der Waals surface area (Å²) in [4.78, 5) is 28.5. The Labute approximate surface area is 195 Å². The van der Waals surface area contributed by atoms with Crippen LogP contribution in [0, 0.1) is 11.6 Å². The van der Waals surface area contributed by atoms with Gasteiger partial charge in [-0.2, -0.15) is 0 Å². The Morgan fingerprint density at radius 2 is 1.85 bits per heavy atom. The maximum Gasteiger partial charge on any atom is 0.201 e. The lowest BCUT2D eigenvalue weighted by molar-refractivity contribution is 0.103. The van der Waals surface area contributed by atoms with E-state index in [1.165, 1.54) is 12.3 Å². The Morgan fingerprint density at radius 3 is 2.56 bits per heavy atom. The van der Waals surface area contributed by atoms with Gasteiger partial charge in [-0.3, -0.25) is 9.79 Å². The summed E-state index contributed by atoms with van der Waals surface area (Å²) in [6, 6.07) is 12.8. The van der Waals surface area contributed by atoms with Crippen LogP contribution in [0.25, 0.3) is 11.0 Å². The fourth-order valence-corrected chi connectivity index (χ4v) is 3.50. The second kappa shape index (κ2) is 9.74. The Morgan fingerprint density at radius 1 is 1.09 bits per heavy atom. The minimum absolute atomic E-state index is 0.0299. The number of rotatable bonds is 6. The average Bonchev–Trinajstić information content (AvgIpc) is 3.26. The van der Waals surface area contributed by atoms with E-state index in [1.54, 1.807) is 25.4 Å². The first-order valence-corrected chi connectivity index (χ1v) is 10.5. The topological polar surface area (TPSA) is 79.7 Å². The third kappa shape index (κ3) is 4.61. The molecule has 0 radical (unpaired) electrons. The van der Waals surface area contributed by atoms with Crippen LogP contribution in [0.2, 0.25) is 0 Å². The van der Waals surface area contributed by atoms with Crippen LogP contribution in [0.15, 0.2) is 70.9 Å². The molecule has 2 aromatic heterocycles. The van der Waals surface area contributed by atoms with Crippen molar-refractivity contribution in [3.05, 3.63) is 94.8 Å². The molecule has 172 valence electrons. The molecule has 4 aromatic rings. The lowest BCUT2D eigenvalue weighted by Gasteiger charge is -2.11. The number of ether oxygens (including phenoxy) is 1. The predicted octanol–water partition coefficient (Wildman–Crippen LogP) is 5.51. The van der Waals surface area contributed by atoms with E-state index >= 15 is 4.39 Å². The number of carbonyl (C=O) groups is 1. The molecule has 0 spiro atoms. The van der Waals surface area contributed by atoms with E-state index in [0.29, 0.717) is 16.9 Å². The van der Waals surface area contributed by atoms with Gasteiger partial charge in [0.15, 0.2) is 17.4 Å². The fraction of sp³-hybridized carbons (Fsp3) is 0.154. The van der Waals surface area contributed by atoms with Crippen molar-refractivity contribution in [2.45, 2.75) is 20.5 Å². The quantitative estimate of drug-likeness (QED) is 0.234. The standard InChI is InChI=1S/C26H22F2N4O2/c1-15(2)32-25(29-3)17-8-6-16(7-9-17)14-34-21-11-10-20(27)22(23(21)28)24(33)19-13-31-26-18(19)5-4-12-30-26/h4-13H,14H2,1-3H3,(H,30,31)/b29-25-. The van der Waals surface area contributed by atoms with Crippen molar-refractivity contribution < 1.29 is 18.3 Å². The molecule has 8 heteroatoms. The lowest BCUT2D eigenvalue weighted by atomic mass is 10.0. The van der Waals surface area contributed by atoms with E-state index in [2.05, 4.69) is 20.0 Å². The Balaban J connectivity index is 1.56. The molecule has 0 saturated heterocycles. The number of aromatic amines is 1. The first-order valence-electron chi connectivity index (χ1n) is 10.5. The molecule has 0 atom stereocenters. The first-order chi connectivity index (χ1) is 16.4. The van der Waals surface area contributed by atoms with Gasteiger partial charge in [0.1, 0.15) is 18.1 Å². The highest BCUT2D eigenvalue weighted by Gasteiger charge is 2.25. The molecule has 34 heavy (non-hydrogen) atoms. The number of H-pyrrole nitrogens is 1. The van der Waals surface area contributed by atoms with E-state index < -0.39 is 23.0 Å². The second-order valence-corrected chi connectivity index (χ2v) is 7.76. The summed E-state index contributed by atoms with van der Waals surface area (Å²) in [5.74, 6) is -2.41. The van der Waals surface area contributed by atoms with Gasteiger partial charge in [-0.25, -0.2) is 18.8 Å². The summed E-state index contributed by atoms with van der Waals surface area (Å²) in [7, 11) is 1.67. The van der Waals surface area contributed by atoms with E-state index in [0.717, 1.165) is 22.9 Å². The number of pyridine rings is 1. The van der Waals surface area contributed by atoms with Crippen molar-refractivity contribution in [3.63, 3.8) is 0 Å². The van der Waals surface area contributed by atoms with Crippen LogP contribution in [0.4, 0.5) is 8.78 Å². The number of hydrogen-bond acceptors (Lipinski definition) is 4. The molecule has 0 bridgehead atoms. The van der Waals surface area contributed by atoms with Crippen LogP contribution in [0.3, 0.4) is 0 Å². The van der Waals surface area contributed by atoms with E-state index in [9.17, 15) is 9.18 Å². The highest BCUT2D eigenvalue weighted by atomic mass is 19.1. The Kier molecular flexibility index (Phi) is 6.58. The van der Waals surface area contributed by atoms with E-state index in [-0.39, 0.29) is 17.9 Å². The summed E-state index contributed by atoms with van der Waals surface area (Å²) in [6.45, 7) is 3.81. The molecule has 1 N–H and O–H groups in total. The number of halogens is 2. The SMILES string of the molecule is C/N=C(\N=C(C)C)c1ccc(COc2ccc(F)c(C(=O)c3c[nH]c4ncccc34)c2F)cc1. The van der Waals surface area contributed by atoms with Crippen molar-refractivity contribution in [3.8, 4) is 5.75 Å². The van der Waals surface area contributed by atoms with Crippen LogP contribution in [0.5, 0.6) is 5.75 Å². The summed E-state index contributed by atoms with van der Waals surface area (Å²) < 4.78 is 35.3. The zero-order chi connectivity index (χ0) is 24.2. The molecule has 0 aliphatic carbocycles. The molecule has 0 aliphatic rings. The number of fused-ring (bicyclic) bond motifs is 1. The van der Waals surface area contributed by atoms with Gasteiger partial charge in [0.25, 0.3) is 0 Å². The lowest BCUT2D eigenvalue weighted by Crippen LogP contribution is -2.09. The minimum Gasteiger partial charge on any atom is -0.486 e. The van der Waals surface area contributed by atoms with Gasteiger partial charge in [-0.1, -0.05) is 24.3 Å². The molecule has 2 aromatic carbocycles. The normalized spacial score (nSPS) is 11.5. The molecule has 0 saturated carbocycles. The van der Waals surface area contributed by atoms with Gasteiger partial charge in [0.2, 0.25) is 5.78 Å². The molecule has 6 nitrogen and oxygen atoms in total. The number of nitrogens with zero attached hydrogens (tertiary/aromatic N) is 3. The summed E-state index contributed by atoms with van der Waals surface area (Å²) in [5.41, 5.74) is 2.39. The Bertz CT molecular complexity index is 1420. The van der Waals surface area contributed by atoms with E-state index in [4.69, 9.17) is 4.74 Å². The summed E-state index contributed by atoms with van der Waals surface area (Å²) in [5, 5.41) is 0.482. The molecule has 0 fully saturated rings. The number of aliphatic imine (C=N–C) groups is 2. The Hall–Kier alpha value is -4.20. The maximum atomic E-state index is 15.2. The largest absolute Gasteiger partial charge is 0.486 e. The van der Waals surface area contributed by atoms with Crippen LogP contribution >= 0.6 is 0 Å². The number of nitrogens with one attached hydrogen (secondary N) is 1. The maximum absolute atomic E-state index is 15.2. The fourth-order valence-electron chi connectivity index (χ4n) is 3.50. The van der Waals surface area contributed by atoms with Crippen molar-refractivity contribution >= 4 is 28.4 Å². The minimum atomic E-state index is -1.05. The van der Waals surface area contributed by atoms with Gasteiger partial charge in [0, 0.05) is 41.7 Å². The van der Waals surface area contributed by atoms with Gasteiger partial charge < -0.3 is 9.72 Å². The molecular formula is C26H22F2N4O2. The van der Waals surface area contributed by atoms with Crippen LogP contribution < -0.4 is 4.74 Å². The number of carbonyl (C=O) groups excluding carboxylic acids is 1. The smallest absolute Gasteiger partial charge is 0.201 e. The second-order valence-electron chi connectivity index (χ2n) is 7.76. The van der Waals surface area contributed by atoms with Crippen molar-refractivity contribution in [2.24, 2.45) is 9.98 Å². The molecular weight excluding hydrogens is 438 g/mol. The highest BCUT2D eigenvalue weighted by Crippen LogP contribution is 2.28.